The van der Waals surface area contributed by atoms with Crippen molar-refractivity contribution in [3.8, 4) is 0 Å². The standard InChI is InChI=1S/C10H15N3OS/c1-12(8-9(11)15)6-7-13-5-3-2-4-10(13)14/h2-5H,6-8H2,1H3,(H2,11,15). The number of likely N-dealkylation sites (N-methyl/N-ethyl adjacent to an activating group) is 1. The van der Waals surface area contributed by atoms with Crippen molar-refractivity contribution in [2.24, 2.45) is 5.73 Å². The van der Waals surface area contributed by atoms with Gasteiger partial charge in [0.1, 0.15) is 0 Å². The molecule has 2 N–H and O–H groups in total. The van der Waals surface area contributed by atoms with E-state index in [0.29, 0.717) is 18.1 Å². The molecular weight excluding hydrogens is 210 g/mol. The fraction of sp³-hybridized carbons (Fsp3) is 0.400. The van der Waals surface area contributed by atoms with Crippen molar-refractivity contribution in [1.29, 1.82) is 0 Å². The topological polar surface area (TPSA) is 51.3 Å². The third-order valence-corrected chi connectivity index (χ3v) is 2.18. The normalized spacial score (nSPS) is 10.5. The lowest BCUT2D eigenvalue weighted by molar-refractivity contribution is 0.358. The first-order chi connectivity index (χ1) is 7.09. The molecule has 4 nitrogen and oxygen atoms in total. The molecule has 15 heavy (non-hydrogen) atoms. The van der Waals surface area contributed by atoms with Crippen LogP contribution in [0.3, 0.4) is 0 Å². The van der Waals surface area contributed by atoms with Crippen LogP contribution in [0.5, 0.6) is 0 Å². The number of aromatic nitrogens is 1. The second-order valence-electron chi connectivity index (χ2n) is 3.44. The third-order valence-electron chi connectivity index (χ3n) is 2.05. The van der Waals surface area contributed by atoms with E-state index in [-0.39, 0.29) is 5.56 Å². The minimum Gasteiger partial charge on any atom is -0.392 e. The largest absolute Gasteiger partial charge is 0.392 e. The van der Waals surface area contributed by atoms with Crippen molar-refractivity contribution < 1.29 is 0 Å². The van der Waals surface area contributed by atoms with Gasteiger partial charge < -0.3 is 10.3 Å². The Balaban J connectivity index is 2.47. The number of pyridine rings is 1. The van der Waals surface area contributed by atoms with E-state index in [0.717, 1.165) is 6.54 Å². The van der Waals surface area contributed by atoms with Crippen LogP contribution in [-0.4, -0.2) is 34.6 Å². The van der Waals surface area contributed by atoms with Crippen molar-refractivity contribution in [1.82, 2.24) is 9.47 Å². The highest BCUT2D eigenvalue weighted by Crippen LogP contribution is 1.87. The minimum absolute atomic E-state index is 0.0150. The molecule has 0 aliphatic carbocycles. The number of nitrogens with zero attached hydrogens (tertiary/aromatic N) is 2. The summed E-state index contributed by atoms with van der Waals surface area (Å²) in [6.07, 6.45) is 1.77. The van der Waals surface area contributed by atoms with Crippen molar-refractivity contribution in [2.75, 3.05) is 20.1 Å². The molecule has 0 radical (unpaired) electrons. The summed E-state index contributed by atoms with van der Waals surface area (Å²) in [6, 6.07) is 5.13. The lowest BCUT2D eigenvalue weighted by Gasteiger charge is -2.15. The molecule has 1 rings (SSSR count). The summed E-state index contributed by atoms with van der Waals surface area (Å²) in [5.41, 5.74) is 5.43. The summed E-state index contributed by atoms with van der Waals surface area (Å²) >= 11 is 4.80. The lowest BCUT2D eigenvalue weighted by atomic mass is 10.4. The average molecular weight is 225 g/mol. The van der Waals surface area contributed by atoms with Gasteiger partial charge in [0.2, 0.25) is 0 Å². The van der Waals surface area contributed by atoms with Gasteiger partial charge in [-0.15, -0.1) is 0 Å². The smallest absolute Gasteiger partial charge is 0.250 e. The maximum absolute atomic E-state index is 11.3. The first kappa shape index (κ1) is 11.9. The van der Waals surface area contributed by atoms with Crippen LogP contribution in [0.2, 0.25) is 0 Å². The van der Waals surface area contributed by atoms with E-state index < -0.39 is 0 Å². The Labute approximate surface area is 94.3 Å². The zero-order chi connectivity index (χ0) is 11.3. The second kappa shape index (κ2) is 5.63. The molecule has 0 spiro atoms. The van der Waals surface area contributed by atoms with Crippen LogP contribution in [-0.2, 0) is 6.54 Å². The zero-order valence-corrected chi connectivity index (χ0v) is 9.54. The van der Waals surface area contributed by atoms with Gasteiger partial charge in [-0.05, 0) is 13.1 Å². The van der Waals surface area contributed by atoms with Crippen LogP contribution in [0.4, 0.5) is 0 Å². The van der Waals surface area contributed by atoms with Gasteiger partial charge in [-0.25, -0.2) is 0 Å². The molecule has 0 aromatic carbocycles. The van der Waals surface area contributed by atoms with Gasteiger partial charge in [-0.3, -0.25) is 9.69 Å². The highest BCUT2D eigenvalue weighted by molar-refractivity contribution is 7.80. The molecule has 1 aromatic heterocycles. The summed E-state index contributed by atoms with van der Waals surface area (Å²) in [5, 5.41) is 0. The summed E-state index contributed by atoms with van der Waals surface area (Å²) in [6.45, 7) is 1.98. The Kier molecular flexibility index (Phi) is 4.45. The highest BCUT2D eigenvalue weighted by Gasteiger charge is 2.00. The Hall–Kier alpha value is -1.20. The SMILES string of the molecule is CN(CCn1ccccc1=O)CC(N)=S. The predicted molar refractivity (Wildman–Crippen MR) is 65.0 cm³/mol. The summed E-state index contributed by atoms with van der Waals surface area (Å²) in [5.74, 6) is 0. The van der Waals surface area contributed by atoms with Gasteiger partial charge in [0.15, 0.2) is 0 Å². The first-order valence-corrected chi connectivity index (χ1v) is 5.13. The molecule has 0 bridgehead atoms. The zero-order valence-electron chi connectivity index (χ0n) is 8.72. The predicted octanol–water partition coefficient (Wildman–Crippen LogP) is 0.0662. The molecule has 0 amide bonds. The molecule has 0 aliphatic rings. The van der Waals surface area contributed by atoms with Crippen molar-refractivity contribution in [3.63, 3.8) is 0 Å². The van der Waals surface area contributed by atoms with E-state index in [1.807, 2.05) is 18.0 Å². The number of hydrogen-bond donors (Lipinski definition) is 1. The van der Waals surface area contributed by atoms with E-state index >= 15 is 0 Å². The van der Waals surface area contributed by atoms with E-state index in [9.17, 15) is 4.79 Å². The molecular formula is C10H15N3OS. The maximum atomic E-state index is 11.3. The number of nitrogens with two attached hydrogens (primary N) is 1. The third kappa shape index (κ3) is 4.22. The Bertz CT molecular complexity index is 388. The Morgan fingerprint density at radius 2 is 2.33 bits per heavy atom. The molecule has 0 saturated heterocycles. The lowest BCUT2D eigenvalue weighted by Crippen LogP contribution is -2.33. The molecule has 0 atom stereocenters. The van der Waals surface area contributed by atoms with E-state index in [1.54, 1.807) is 22.9 Å². The van der Waals surface area contributed by atoms with Gasteiger partial charge in [-0.2, -0.15) is 0 Å². The van der Waals surface area contributed by atoms with Gasteiger partial charge in [0, 0.05) is 31.9 Å². The quantitative estimate of drug-likeness (QED) is 0.720. The number of hydrogen-bond acceptors (Lipinski definition) is 3. The van der Waals surface area contributed by atoms with Crippen LogP contribution in [0.15, 0.2) is 29.2 Å². The monoisotopic (exact) mass is 225 g/mol. The van der Waals surface area contributed by atoms with Crippen LogP contribution >= 0.6 is 12.2 Å². The van der Waals surface area contributed by atoms with Crippen molar-refractivity contribution >= 4 is 17.2 Å². The summed E-state index contributed by atoms with van der Waals surface area (Å²) in [7, 11) is 1.92. The maximum Gasteiger partial charge on any atom is 0.250 e. The minimum atomic E-state index is 0.0150. The van der Waals surface area contributed by atoms with Gasteiger partial charge in [-0.1, -0.05) is 18.3 Å². The second-order valence-corrected chi connectivity index (χ2v) is 3.96. The van der Waals surface area contributed by atoms with Gasteiger partial charge >= 0.3 is 0 Å². The van der Waals surface area contributed by atoms with E-state index in [4.69, 9.17) is 18.0 Å². The molecule has 5 heteroatoms. The number of thiocarbonyl (C=S) groups is 1. The first-order valence-electron chi connectivity index (χ1n) is 4.72. The average Bonchev–Trinajstić information content (AvgIpc) is 2.15. The molecule has 1 aromatic rings. The molecule has 82 valence electrons. The van der Waals surface area contributed by atoms with Crippen molar-refractivity contribution in [2.45, 2.75) is 6.54 Å². The molecule has 1 heterocycles. The van der Waals surface area contributed by atoms with Gasteiger partial charge in [0.05, 0.1) is 4.99 Å². The van der Waals surface area contributed by atoms with E-state index in [2.05, 4.69) is 0 Å². The van der Waals surface area contributed by atoms with E-state index in [1.165, 1.54) is 0 Å². The number of rotatable bonds is 5. The molecule has 0 fully saturated rings. The fourth-order valence-electron chi connectivity index (χ4n) is 1.27. The molecule has 0 aliphatic heterocycles. The molecule has 0 unspecified atom stereocenters. The summed E-state index contributed by atoms with van der Waals surface area (Å²) in [4.78, 5) is 13.8. The Morgan fingerprint density at radius 3 is 2.93 bits per heavy atom. The highest BCUT2D eigenvalue weighted by atomic mass is 32.1. The van der Waals surface area contributed by atoms with Crippen LogP contribution < -0.4 is 11.3 Å². The van der Waals surface area contributed by atoms with Crippen molar-refractivity contribution in [3.05, 3.63) is 34.7 Å². The Morgan fingerprint density at radius 1 is 1.60 bits per heavy atom. The van der Waals surface area contributed by atoms with Gasteiger partial charge in [0.25, 0.3) is 5.56 Å². The van der Waals surface area contributed by atoms with Crippen LogP contribution in [0, 0.1) is 0 Å². The fourth-order valence-corrected chi connectivity index (χ4v) is 1.49. The van der Waals surface area contributed by atoms with Crippen LogP contribution in [0.25, 0.3) is 0 Å². The van der Waals surface area contributed by atoms with Crippen LogP contribution in [0.1, 0.15) is 0 Å². The molecule has 0 saturated carbocycles. The summed E-state index contributed by atoms with van der Waals surface area (Å²) < 4.78 is 1.66.